The summed E-state index contributed by atoms with van der Waals surface area (Å²) in [7, 11) is 0. The lowest BCUT2D eigenvalue weighted by Crippen LogP contribution is -2.46. The zero-order valence-electron chi connectivity index (χ0n) is 12.0. The number of carbonyl (C=O) groups excluding carboxylic acids is 1. The molecular weight excluding hydrogens is 323 g/mol. The molecule has 1 amide bonds. The number of nitrogens with zero attached hydrogens (tertiary/aromatic N) is 4. The second kappa shape index (κ2) is 6.67. The summed E-state index contributed by atoms with van der Waals surface area (Å²) in [5, 5.41) is 8.75. The number of piperidine rings is 1. The molecule has 1 aromatic carbocycles. The third kappa shape index (κ3) is 3.42. The molecule has 5 nitrogen and oxygen atoms in total. The van der Waals surface area contributed by atoms with Crippen molar-refractivity contribution >= 4 is 29.1 Å². The van der Waals surface area contributed by atoms with Crippen LogP contribution in [0.15, 0.2) is 30.6 Å². The first-order valence-corrected chi connectivity index (χ1v) is 8.00. The highest BCUT2D eigenvalue weighted by Crippen LogP contribution is 2.24. The summed E-state index contributed by atoms with van der Waals surface area (Å²) < 4.78 is 1.77. The van der Waals surface area contributed by atoms with E-state index in [0.717, 1.165) is 25.8 Å². The molecule has 116 valence electrons. The van der Waals surface area contributed by atoms with Crippen molar-refractivity contribution in [1.82, 2.24) is 19.9 Å². The molecule has 3 rings (SSSR count). The van der Waals surface area contributed by atoms with Crippen molar-refractivity contribution in [2.24, 2.45) is 0 Å². The molecule has 0 spiro atoms. The van der Waals surface area contributed by atoms with E-state index in [1.54, 1.807) is 29.1 Å². The van der Waals surface area contributed by atoms with Crippen molar-refractivity contribution in [2.45, 2.75) is 31.8 Å². The minimum Gasteiger partial charge on any atom is -0.334 e. The summed E-state index contributed by atoms with van der Waals surface area (Å²) in [6.45, 7) is 1.39. The SMILES string of the molecule is O=C(c1cc(Cl)cc(Cl)c1)N1CCCCC1Cn1ccnn1. The molecule has 1 saturated heterocycles. The highest BCUT2D eigenvalue weighted by atomic mass is 35.5. The Morgan fingerprint density at radius 3 is 2.68 bits per heavy atom. The van der Waals surface area contributed by atoms with Gasteiger partial charge in [-0.1, -0.05) is 28.4 Å². The lowest BCUT2D eigenvalue weighted by Gasteiger charge is -2.35. The Kier molecular flexibility index (Phi) is 4.64. The monoisotopic (exact) mass is 338 g/mol. The van der Waals surface area contributed by atoms with Gasteiger partial charge in [-0.15, -0.1) is 5.10 Å². The zero-order chi connectivity index (χ0) is 15.5. The van der Waals surface area contributed by atoms with E-state index in [4.69, 9.17) is 23.2 Å². The molecule has 1 aliphatic heterocycles. The molecule has 2 aromatic rings. The van der Waals surface area contributed by atoms with Gasteiger partial charge < -0.3 is 4.90 Å². The normalized spacial score (nSPS) is 18.5. The third-order valence-electron chi connectivity index (χ3n) is 3.87. The second-order valence-electron chi connectivity index (χ2n) is 5.43. The Bertz CT molecular complexity index is 639. The van der Waals surface area contributed by atoms with E-state index in [-0.39, 0.29) is 11.9 Å². The number of benzene rings is 1. The third-order valence-corrected chi connectivity index (χ3v) is 4.30. The number of aromatic nitrogens is 3. The number of hydrogen-bond donors (Lipinski definition) is 0. The van der Waals surface area contributed by atoms with Gasteiger partial charge in [0.2, 0.25) is 0 Å². The van der Waals surface area contributed by atoms with Crippen LogP contribution in [0, 0.1) is 0 Å². The topological polar surface area (TPSA) is 51.0 Å². The summed E-state index contributed by atoms with van der Waals surface area (Å²) in [4.78, 5) is 14.7. The van der Waals surface area contributed by atoms with Gasteiger partial charge >= 0.3 is 0 Å². The second-order valence-corrected chi connectivity index (χ2v) is 6.30. The van der Waals surface area contributed by atoms with Crippen molar-refractivity contribution in [3.8, 4) is 0 Å². The summed E-state index contributed by atoms with van der Waals surface area (Å²) in [6, 6.07) is 5.07. The number of likely N-dealkylation sites (tertiary alicyclic amines) is 1. The van der Waals surface area contributed by atoms with Gasteiger partial charge in [0.15, 0.2) is 0 Å². The minimum atomic E-state index is -0.0331. The number of hydrogen-bond acceptors (Lipinski definition) is 3. The molecular formula is C15H16Cl2N4O. The van der Waals surface area contributed by atoms with Crippen LogP contribution in [-0.2, 0) is 6.54 Å². The first kappa shape index (κ1) is 15.3. The summed E-state index contributed by atoms with van der Waals surface area (Å²) in [5.74, 6) is -0.0331. The molecule has 1 aromatic heterocycles. The molecule has 0 N–H and O–H groups in total. The average Bonchev–Trinajstić information content (AvgIpc) is 2.99. The number of halogens is 2. The van der Waals surface area contributed by atoms with Crippen molar-refractivity contribution in [1.29, 1.82) is 0 Å². The van der Waals surface area contributed by atoms with Crippen LogP contribution in [0.5, 0.6) is 0 Å². The first-order valence-electron chi connectivity index (χ1n) is 7.24. The highest BCUT2D eigenvalue weighted by Gasteiger charge is 2.28. The Morgan fingerprint density at radius 1 is 1.23 bits per heavy atom. The van der Waals surface area contributed by atoms with Gasteiger partial charge in [-0.3, -0.25) is 9.48 Å². The van der Waals surface area contributed by atoms with E-state index in [1.807, 2.05) is 11.1 Å². The maximum Gasteiger partial charge on any atom is 0.254 e. The van der Waals surface area contributed by atoms with Gasteiger partial charge in [0.05, 0.1) is 18.8 Å². The molecule has 1 unspecified atom stereocenters. The van der Waals surface area contributed by atoms with Crippen molar-refractivity contribution in [3.63, 3.8) is 0 Å². The molecule has 0 bridgehead atoms. The smallest absolute Gasteiger partial charge is 0.254 e. The molecule has 0 saturated carbocycles. The Labute approximate surface area is 138 Å². The van der Waals surface area contributed by atoms with Crippen LogP contribution in [0.25, 0.3) is 0 Å². The highest BCUT2D eigenvalue weighted by molar-refractivity contribution is 6.35. The molecule has 7 heteroatoms. The Balaban J connectivity index is 1.81. The van der Waals surface area contributed by atoms with E-state index >= 15 is 0 Å². The summed E-state index contributed by atoms with van der Waals surface area (Å²) in [6.07, 6.45) is 6.53. The zero-order valence-corrected chi connectivity index (χ0v) is 13.5. The fourth-order valence-corrected chi connectivity index (χ4v) is 3.37. The van der Waals surface area contributed by atoms with Crippen molar-refractivity contribution < 1.29 is 4.79 Å². The molecule has 22 heavy (non-hydrogen) atoms. The molecule has 1 aliphatic rings. The molecule has 1 fully saturated rings. The largest absolute Gasteiger partial charge is 0.334 e. The molecule has 0 radical (unpaired) electrons. The van der Waals surface area contributed by atoms with Crippen LogP contribution in [0.4, 0.5) is 0 Å². The van der Waals surface area contributed by atoms with Crippen molar-refractivity contribution in [2.75, 3.05) is 6.54 Å². The van der Waals surface area contributed by atoms with Gasteiger partial charge in [-0.05, 0) is 37.5 Å². The van der Waals surface area contributed by atoms with Crippen LogP contribution in [-0.4, -0.2) is 38.4 Å². The maximum absolute atomic E-state index is 12.8. The average molecular weight is 339 g/mol. The number of rotatable bonds is 3. The lowest BCUT2D eigenvalue weighted by molar-refractivity contribution is 0.0583. The van der Waals surface area contributed by atoms with Gasteiger partial charge in [-0.2, -0.15) is 0 Å². The van der Waals surface area contributed by atoms with E-state index in [1.165, 1.54) is 0 Å². The molecule has 1 atom stereocenters. The Morgan fingerprint density at radius 2 is 2.00 bits per heavy atom. The quantitative estimate of drug-likeness (QED) is 0.862. The lowest BCUT2D eigenvalue weighted by atomic mass is 10.0. The van der Waals surface area contributed by atoms with Gasteiger partial charge in [-0.25, -0.2) is 0 Å². The molecule has 0 aliphatic carbocycles. The predicted octanol–water partition coefficient (Wildman–Crippen LogP) is 3.28. The predicted molar refractivity (Wildman–Crippen MR) is 85.2 cm³/mol. The van der Waals surface area contributed by atoms with Gasteiger partial charge in [0.25, 0.3) is 5.91 Å². The van der Waals surface area contributed by atoms with Crippen LogP contribution in [0.1, 0.15) is 29.6 Å². The fraction of sp³-hybridized carbons (Fsp3) is 0.400. The summed E-state index contributed by atoms with van der Waals surface area (Å²) >= 11 is 12.0. The number of amides is 1. The standard InChI is InChI=1S/C15H16Cl2N4O/c16-12-7-11(8-13(17)9-12)15(22)21-5-2-1-3-14(21)10-20-6-4-18-19-20/h4,6-9,14H,1-3,5,10H2. The van der Waals surface area contributed by atoms with Gasteiger partial charge in [0, 0.05) is 28.4 Å². The Hall–Kier alpha value is -1.59. The van der Waals surface area contributed by atoms with Crippen LogP contribution in [0.3, 0.4) is 0 Å². The molecule has 2 heterocycles. The number of carbonyl (C=O) groups is 1. The van der Waals surface area contributed by atoms with Crippen molar-refractivity contribution in [3.05, 3.63) is 46.2 Å². The van der Waals surface area contributed by atoms with Crippen LogP contribution < -0.4 is 0 Å². The van der Waals surface area contributed by atoms with Gasteiger partial charge in [0.1, 0.15) is 0 Å². The minimum absolute atomic E-state index is 0.0331. The van der Waals surface area contributed by atoms with E-state index in [0.29, 0.717) is 22.2 Å². The van der Waals surface area contributed by atoms with E-state index in [2.05, 4.69) is 10.3 Å². The van der Waals surface area contributed by atoms with E-state index in [9.17, 15) is 4.79 Å². The maximum atomic E-state index is 12.8. The van der Waals surface area contributed by atoms with Crippen LogP contribution >= 0.6 is 23.2 Å². The summed E-state index contributed by atoms with van der Waals surface area (Å²) in [5.41, 5.74) is 0.531. The van der Waals surface area contributed by atoms with Crippen LogP contribution in [0.2, 0.25) is 10.0 Å². The van der Waals surface area contributed by atoms with E-state index < -0.39 is 0 Å². The fourth-order valence-electron chi connectivity index (χ4n) is 2.85. The first-order chi connectivity index (χ1) is 10.6.